The molecule has 0 unspecified atom stereocenters. The zero-order chi connectivity index (χ0) is 11.3. The summed E-state index contributed by atoms with van der Waals surface area (Å²) in [5.74, 6) is 0.205. The molecule has 15 heavy (non-hydrogen) atoms. The summed E-state index contributed by atoms with van der Waals surface area (Å²) in [7, 11) is 0. The van der Waals surface area contributed by atoms with Crippen LogP contribution in [0.2, 0.25) is 0 Å². The normalized spacial score (nSPS) is 10.3. The van der Waals surface area contributed by atoms with E-state index < -0.39 is 0 Å². The molecule has 0 amide bonds. The average molecular weight is 225 g/mol. The Morgan fingerprint density at radius 2 is 2.27 bits per heavy atom. The fourth-order valence-electron chi connectivity index (χ4n) is 1.39. The number of rotatable bonds is 5. The maximum atomic E-state index is 10.8. The fourth-order valence-corrected chi connectivity index (χ4v) is 1.69. The van der Waals surface area contributed by atoms with Gasteiger partial charge in [0, 0.05) is 29.0 Å². The Balaban J connectivity index is 2.58. The minimum Gasteiger partial charge on any atom is -0.398 e. The zero-order valence-electron chi connectivity index (χ0n) is 8.69. The third-order valence-corrected chi connectivity index (χ3v) is 2.66. The van der Waals surface area contributed by atoms with E-state index in [0.717, 1.165) is 23.3 Å². The van der Waals surface area contributed by atoms with Crippen LogP contribution in [0, 0.1) is 0 Å². The summed E-state index contributed by atoms with van der Waals surface area (Å²) in [6.07, 6.45) is 2.23. The highest BCUT2D eigenvalue weighted by molar-refractivity contribution is 7.93. The summed E-state index contributed by atoms with van der Waals surface area (Å²) in [6, 6.07) is 5.46. The van der Waals surface area contributed by atoms with E-state index in [4.69, 9.17) is 10.3 Å². The molecule has 0 saturated carbocycles. The van der Waals surface area contributed by atoms with Crippen LogP contribution in [0.5, 0.6) is 0 Å². The van der Waals surface area contributed by atoms with Crippen LogP contribution in [0.25, 0.3) is 0 Å². The monoisotopic (exact) mass is 225 g/mol. The Hall–Kier alpha value is -1.00. The van der Waals surface area contributed by atoms with Crippen LogP contribution in [0.15, 0.2) is 23.1 Å². The third kappa shape index (κ3) is 3.93. The largest absolute Gasteiger partial charge is 0.398 e. The maximum Gasteiger partial charge on any atom is 0.129 e. The first kappa shape index (κ1) is 12.1. The van der Waals surface area contributed by atoms with Crippen molar-refractivity contribution in [3.05, 3.63) is 23.8 Å². The predicted molar refractivity (Wildman–Crippen MR) is 63.0 cm³/mol. The lowest BCUT2D eigenvalue weighted by Gasteiger charge is -2.05. The van der Waals surface area contributed by atoms with Gasteiger partial charge < -0.3 is 15.1 Å². The number of anilines is 1. The van der Waals surface area contributed by atoms with Crippen molar-refractivity contribution in [1.82, 2.24) is 0 Å². The summed E-state index contributed by atoms with van der Waals surface area (Å²) in [6.45, 7) is 1.59. The van der Waals surface area contributed by atoms with Crippen molar-refractivity contribution >= 4 is 23.5 Å². The third-order valence-electron chi connectivity index (χ3n) is 2.20. The maximum absolute atomic E-state index is 10.8. The van der Waals surface area contributed by atoms with Crippen LogP contribution in [0.4, 0.5) is 5.69 Å². The van der Waals surface area contributed by atoms with E-state index >= 15 is 0 Å². The van der Waals surface area contributed by atoms with Crippen LogP contribution in [0.1, 0.15) is 25.3 Å². The number of aryl methyl sites for hydroxylation is 1. The summed E-state index contributed by atoms with van der Waals surface area (Å²) < 4.78 is 8.82. The Morgan fingerprint density at radius 1 is 1.53 bits per heavy atom. The van der Waals surface area contributed by atoms with Gasteiger partial charge in [-0.15, -0.1) is 0 Å². The molecule has 82 valence electrons. The van der Waals surface area contributed by atoms with Crippen molar-refractivity contribution in [3.63, 3.8) is 0 Å². The molecule has 1 aromatic rings. The molecule has 0 fully saturated rings. The van der Waals surface area contributed by atoms with Gasteiger partial charge in [0.1, 0.15) is 5.78 Å². The lowest BCUT2D eigenvalue weighted by Crippen LogP contribution is -1.97. The minimum absolute atomic E-state index is 0.205. The van der Waals surface area contributed by atoms with Crippen LogP contribution in [-0.2, 0) is 11.2 Å². The molecule has 1 aromatic carbocycles. The molecule has 0 aromatic heterocycles. The van der Waals surface area contributed by atoms with Gasteiger partial charge in [0.2, 0.25) is 0 Å². The molecule has 0 aliphatic carbocycles. The Kier molecular flexibility index (Phi) is 4.65. The number of carbonyl (C=O) groups is 1. The van der Waals surface area contributed by atoms with Crippen molar-refractivity contribution in [2.45, 2.75) is 31.1 Å². The summed E-state index contributed by atoms with van der Waals surface area (Å²) >= 11 is 0.686. The van der Waals surface area contributed by atoms with E-state index in [-0.39, 0.29) is 5.78 Å². The molecular weight excluding hydrogens is 210 g/mol. The SMILES string of the molecule is CC(=O)CCCc1ccc(SO)cc1N. The van der Waals surface area contributed by atoms with E-state index in [1.807, 2.05) is 12.1 Å². The summed E-state index contributed by atoms with van der Waals surface area (Å²) in [5, 5.41) is 0. The number of Topliss-reactive ketones (excluding diaryl/α,β-unsaturated/α-hetero) is 1. The second-order valence-electron chi connectivity index (χ2n) is 3.51. The Labute approximate surface area is 93.9 Å². The number of nitrogens with two attached hydrogens (primary N) is 1. The number of ketones is 1. The Morgan fingerprint density at radius 3 is 2.80 bits per heavy atom. The number of nitrogen functional groups attached to an aromatic ring is 1. The number of hydrogen-bond acceptors (Lipinski definition) is 4. The second kappa shape index (κ2) is 5.78. The van der Waals surface area contributed by atoms with Crippen molar-refractivity contribution in [1.29, 1.82) is 0 Å². The molecule has 4 heteroatoms. The molecule has 0 atom stereocenters. The van der Waals surface area contributed by atoms with Crippen LogP contribution < -0.4 is 5.73 Å². The van der Waals surface area contributed by atoms with Gasteiger partial charge >= 0.3 is 0 Å². The summed E-state index contributed by atoms with van der Waals surface area (Å²) in [4.78, 5) is 11.5. The van der Waals surface area contributed by atoms with Gasteiger partial charge in [0.05, 0.1) is 0 Å². The topological polar surface area (TPSA) is 63.3 Å². The second-order valence-corrected chi connectivity index (χ2v) is 4.16. The van der Waals surface area contributed by atoms with Gasteiger partial charge in [0.15, 0.2) is 0 Å². The Bertz CT molecular complexity index is 352. The molecule has 3 nitrogen and oxygen atoms in total. The molecule has 0 saturated heterocycles. The molecule has 0 heterocycles. The van der Waals surface area contributed by atoms with Crippen LogP contribution in [-0.4, -0.2) is 10.3 Å². The van der Waals surface area contributed by atoms with Gasteiger partial charge in [-0.1, -0.05) is 6.07 Å². The molecule has 3 N–H and O–H groups in total. The van der Waals surface area contributed by atoms with Crippen molar-refractivity contribution in [2.75, 3.05) is 5.73 Å². The first-order valence-electron chi connectivity index (χ1n) is 4.82. The van der Waals surface area contributed by atoms with Gasteiger partial charge in [-0.2, -0.15) is 0 Å². The lowest BCUT2D eigenvalue weighted by atomic mass is 10.1. The summed E-state index contributed by atoms with van der Waals surface area (Å²) in [5.41, 5.74) is 7.52. The molecule has 0 radical (unpaired) electrons. The van der Waals surface area contributed by atoms with Gasteiger partial charge in [-0.25, -0.2) is 0 Å². The molecular formula is C11H15NO2S. The van der Waals surface area contributed by atoms with Gasteiger partial charge in [0.25, 0.3) is 0 Å². The molecule has 0 bridgehead atoms. The standard InChI is InChI=1S/C11H15NO2S/c1-8(13)3-2-4-9-5-6-10(15-14)7-11(9)12/h5-7,14H,2-4,12H2,1H3. The number of hydrogen-bond donors (Lipinski definition) is 2. The van der Waals surface area contributed by atoms with E-state index in [0.29, 0.717) is 24.2 Å². The smallest absolute Gasteiger partial charge is 0.129 e. The van der Waals surface area contributed by atoms with Crippen LogP contribution in [0.3, 0.4) is 0 Å². The van der Waals surface area contributed by atoms with Crippen LogP contribution >= 0.6 is 12.0 Å². The van der Waals surface area contributed by atoms with Crippen molar-refractivity contribution in [3.8, 4) is 0 Å². The van der Waals surface area contributed by atoms with E-state index in [9.17, 15) is 4.79 Å². The van der Waals surface area contributed by atoms with Gasteiger partial charge in [-0.3, -0.25) is 0 Å². The first-order chi connectivity index (χ1) is 7.13. The van der Waals surface area contributed by atoms with Gasteiger partial charge in [-0.05, 0) is 37.5 Å². The quantitative estimate of drug-likeness (QED) is 0.597. The highest BCUT2D eigenvalue weighted by atomic mass is 32.2. The number of carbonyl (C=O) groups excluding carboxylic acids is 1. The van der Waals surface area contributed by atoms with Crippen molar-refractivity contribution in [2.24, 2.45) is 0 Å². The minimum atomic E-state index is 0.205. The molecule has 1 rings (SSSR count). The predicted octanol–water partition coefficient (Wildman–Crippen LogP) is 2.75. The molecule has 0 aliphatic heterocycles. The van der Waals surface area contributed by atoms with Crippen molar-refractivity contribution < 1.29 is 9.35 Å². The molecule has 0 aliphatic rings. The van der Waals surface area contributed by atoms with E-state index in [1.54, 1.807) is 13.0 Å². The van der Waals surface area contributed by atoms with E-state index in [1.165, 1.54) is 0 Å². The average Bonchev–Trinajstić information content (AvgIpc) is 2.20. The first-order valence-corrected chi connectivity index (χ1v) is 5.60. The van der Waals surface area contributed by atoms with E-state index in [2.05, 4.69) is 0 Å². The highest BCUT2D eigenvalue weighted by Crippen LogP contribution is 2.22. The highest BCUT2D eigenvalue weighted by Gasteiger charge is 2.02. The number of benzene rings is 1. The fraction of sp³-hybridized carbons (Fsp3) is 0.364. The molecule has 0 spiro atoms. The zero-order valence-corrected chi connectivity index (χ0v) is 9.51. The lowest BCUT2D eigenvalue weighted by molar-refractivity contribution is -0.117.